The van der Waals surface area contributed by atoms with Crippen LogP contribution in [0.3, 0.4) is 0 Å². The second-order valence-corrected chi connectivity index (χ2v) is 6.35. The van der Waals surface area contributed by atoms with Crippen molar-refractivity contribution in [3.05, 3.63) is 65.5 Å². The molecule has 8 heteroatoms. The number of rotatable bonds is 4. The SMILES string of the molecule is I.NC(=NCC1(c2ccc(F)cc2)CCOCC1)Nc1cc(F)ccc1F. The van der Waals surface area contributed by atoms with Crippen LogP contribution in [-0.4, -0.2) is 25.7 Å². The second kappa shape index (κ2) is 9.41. The number of anilines is 1. The lowest BCUT2D eigenvalue weighted by atomic mass is 9.74. The van der Waals surface area contributed by atoms with Crippen molar-refractivity contribution in [1.82, 2.24) is 0 Å². The van der Waals surface area contributed by atoms with Crippen LogP contribution in [0.25, 0.3) is 0 Å². The quantitative estimate of drug-likeness (QED) is 0.383. The van der Waals surface area contributed by atoms with E-state index in [4.69, 9.17) is 10.5 Å². The number of benzene rings is 2. The average Bonchev–Trinajstić information content (AvgIpc) is 2.64. The van der Waals surface area contributed by atoms with Gasteiger partial charge in [0.05, 0.1) is 12.2 Å². The molecular weight excluding hydrogens is 470 g/mol. The van der Waals surface area contributed by atoms with Crippen molar-refractivity contribution in [1.29, 1.82) is 0 Å². The molecule has 3 rings (SSSR count). The predicted octanol–water partition coefficient (Wildman–Crippen LogP) is 4.20. The zero-order valence-corrected chi connectivity index (χ0v) is 16.9. The molecule has 2 aromatic carbocycles. The predicted molar refractivity (Wildman–Crippen MR) is 110 cm³/mol. The Kier molecular flexibility index (Phi) is 7.49. The van der Waals surface area contributed by atoms with Crippen molar-refractivity contribution < 1.29 is 17.9 Å². The fourth-order valence-electron chi connectivity index (χ4n) is 3.11. The van der Waals surface area contributed by atoms with Gasteiger partial charge in [-0.2, -0.15) is 0 Å². The van der Waals surface area contributed by atoms with E-state index in [1.54, 1.807) is 12.1 Å². The summed E-state index contributed by atoms with van der Waals surface area (Å²) in [6, 6.07) is 9.38. The molecule has 0 amide bonds. The maximum atomic E-state index is 13.7. The smallest absolute Gasteiger partial charge is 0.193 e. The van der Waals surface area contributed by atoms with Crippen LogP contribution in [0.15, 0.2) is 47.5 Å². The standard InChI is InChI=1S/C19H20F3N3O.HI/c20-14-3-1-13(2-4-14)19(7-9-26-10-8-19)12-24-18(23)25-17-11-15(21)5-6-16(17)22;/h1-6,11H,7-10,12H2,(H3,23,24,25);1H. The Morgan fingerprint density at radius 2 is 1.67 bits per heavy atom. The third-order valence-corrected chi connectivity index (χ3v) is 4.65. The Bertz CT molecular complexity index is 793. The minimum Gasteiger partial charge on any atom is -0.381 e. The lowest BCUT2D eigenvalue weighted by Crippen LogP contribution is -2.38. The summed E-state index contributed by atoms with van der Waals surface area (Å²) < 4.78 is 45.7. The summed E-state index contributed by atoms with van der Waals surface area (Å²) >= 11 is 0. The Balaban J connectivity index is 0.00000261. The summed E-state index contributed by atoms with van der Waals surface area (Å²) in [4.78, 5) is 4.33. The lowest BCUT2D eigenvalue weighted by Gasteiger charge is -2.36. The van der Waals surface area contributed by atoms with Crippen LogP contribution in [0.5, 0.6) is 0 Å². The van der Waals surface area contributed by atoms with Crippen LogP contribution < -0.4 is 11.1 Å². The average molecular weight is 491 g/mol. The molecule has 1 aliphatic rings. The van der Waals surface area contributed by atoms with Crippen molar-refractivity contribution in [2.45, 2.75) is 18.3 Å². The van der Waals surface area contributed by atoms with Crippen molar-refractivity contribution in [2.75, 3.05) is 25.1 Å². The van der Waals surface area contributed by atoms with E-state index in [0.717, 1.165) is 23.8 Å². The molecule has 3 N–H and O–H groups in total. The highest BCUT2D eigenvalue weighted by Crippen LogP contribution is 2.35. The van der Waals surface area contributed by atoms with Crippen LogP contribution in [0, 0.1) is 17.5 Å². The van der Waals surface area contributed by atoms with Gasteiger partial charge in [-0.25, -0.2) is 13.2 Å². The van der Waals surface area contributed by atoms with E-state index in [1.807, 2.05) is 0 Å². The molecule has 2 aromatic rings. The zero-order chi connectivity index (χ0) is 18.6. The molecule has 0 spiro atoms. The molecule has 146 valence electrons. The maximum absolute atomic E-state index is 13.7. The molecule has 1 heterocycles. The van der Waals surface area contributed by atoms with Gasteiger partial charge >= 0.3 is 0 Å². The van der Waals surface area contributed by atoms with Crippen LogP contribution in [0.1, 0.15) is 18.4 Å². The number of nitrogens with two attached hydrogens (primary N) is 1. The normalized spacial score (nSPS) is 16.5. The van der Waals surface area contributed by atoms with Gasteiger partial charge in [0.2, 0.25) is 0 Å². The van der Waals surface area contributed by atoms with Crippen LogP contribution in [0.2, 0.25) is 0 Å². The Morgan fingerprint density at radius 3 is 2.33 bits per heavy atom. The molecule has 0 aliphatic carbocycles. The van der Waals surface area contributed by atoms with Crippen molar-refractivity contribution in [2.24, 2.45) is 10.7 Å². The molecule has 1 saturated heterocycles. The van der Waals surface area contributed by atoms with E-state index in [9.17, 15) is 13.2 Å². The summed E-state index contributed by atoms with van der Waals surface area (Å²) in [5.74, 6) is -1.51. The van der Waals surface area contributed by atoms with Crippen LogP contribution >= 0.6 is 24.0 Å². The van der Waals surface area contributed by atoms with E-state index in [-0.39, 0.29) is 46.9 Å². The minimum absolute atomic E-state index is 0. The van der Waals surface area contributed by atoms with Crippen molar-refractivity contribution in [3.8, 4) is 0 Å². The third-order valence-electron chi connectivity index (χ3n) is 4.65. The lowest BCUT2D eigenvalue weighted by molar-refractivity contribution is 0.0531. The highest BCUT2D eigenvalue weighted by molar-refractivity contribution is 14.0. The van der Waals surface area contributed by atoms with Gasteiger partial charge in [0.15, 0.2) is 5.96 Å². The zero-order valence-electron chi connectivity index (χ0n) is 14.6. The van der Waals surface area contributed by atoms with Crippen molar-refractivity contribution in [3.63, 3.8) is 0 Å². The first-order chi connectivity index (χ1) is 12.5. The first-order valence-corrected chi connectivity index (χ1v) is 8.34. The summed E-state index contributed by atoms with van der Waals surface area (Å²) in [5, 5.41) is 2.59. The third kappa shape index (κ3) is 5.35. The number of nitrogens with one attached hydrogen (secondary N) is 1. The second-order valence-electron chi connectivity index (χ2n) is 6.35. The topological polar surface area (TPSA) is 59.6 Å². The van der Waals surface area contributed by atoms with E-state index < -0.39 is 11.6 Å². The molecule has 0 unspecified atom stereocenters. The fraction of sp³-hybridized carbons (Fsp3) is 0.316. The number of hydrogen-bond acceptors (Lipinski definition) is 2. The molecule has 0 radical (unpaired) electrons. The van der Waals surface area contributed by atoms with E-state index in [1.165, 1.54) is 12.1 Å². The Labute approximate surface area is 173 Å². The number of halogens is 4. The first-order valence-electron chi connectivity index (χ1n) is 8.34. The molecule has 0 aromatic heterocycles. The summed E-state index contributed by atoms with van der Waals surface area (Å²) in [5.41, 5.74) is 6.41. The van der Waals surface area contributed by atoms with Gasteiger partial charge in [-0.05, 0) is 42.7 Å². The summed E-state index contributed by atoms with van der Waals surface area (Å²) in [7, 11) is 0. The monoisotopic (exact) mass is 491 g/mol. The van der Waals surface area contributed by atoms with E-state index in [0.29, 0.717) is 32.6 Å². The number of aliphatic imine (C=N–C) groups is 1. The first kappa shape index (κ1) is 21.5. The van der Waals surface area contributed by atoms with Gasteiger partial charge in [-0.15, -0.1) is 24.0 Å². The molecule has 0 atom stereocenters. The van der Waals surface area contributed by atoms with Crippen molar-refractivity contribution >= 4 is 35.6 Å². The van der Waals surface area contributed by atoms with Gasteiger partial charge in [-0.1, -0.05) is 12.1 Å². The van der Waals surface area contributed by atoms with Gasteiger partial charge < -0.3 is 15.8 Å². The highest BCUT2D eigenvalue weighted by Gasteiger charge is 2.34. The molecule has 4 nitrogen and oxygen atoms in total. The molecule has 0 bridgehead atoms. The largest absolute Gasteiger partial charge is 0.381 e. The van der Waals surface area contributed by atoms with Gasteiger partial charge in [0.25, 0.3) is 0 Å². The number of hydrogen-bond donors (Lipinski definition) is 2. The Morgan fingerprint density at radius 1 is 1.04 bits per heavy atom. The van der Waals surface area contributed by atoms with Gasteiger partial charge in [0.1, 0.15) is 17.5 Å². The molecule has 27 heavy (non-hydrogen) atoms. The summed E-state index contributed by atoms with van der Waals surface area (Å²) in [6.07, 6.45) is 1.42. The molecule has 1 aliphatic heterocycles. The number of ether oxygens (including phenoxy) is 1. The van der Waals surface area contributed by atoms with E-state index >= 15 is 0 Å². The Hall–Kier alpha value is -1.81. The molecule has 0 saturated carbocycles. The van der Waals surface area contributed by atoms with Crippen LogP contribution in [-0.2, 0) is 10.2 Å². The molecular formula is C19H21F3IN3O. The summed E-state index contributed by atoms with van der Waals surface area (Å²) in [6.45, 7) is 1.47. The maximum Gasteiger partial charge on any atom is 0.193 e. The van der Waals surface area contributed by atoms with E-state index in [2.05, 4.69) is 10.3 Å². The number of nitrogens with zero attached hydrogens (tertiary/aromatic N) is 1. The highest BCUT2D eigenvalue weighted by atomic mass is 127. The van der Waals surface area contributed by atoms with Gasteiger partial charge in [-0.3, -0.25) is 4.99 Å². The fourth-order valence-corrected chi connectivity index (χ4v) is 3.11. The number of guanidine groups is 1. The van der Waals surface area contributed by atoms with Gasteiger partial charge in [0, 0.05) is 24.7 Å². The minimum atomic E-state index is -0.621. The van der Waals surface area contributed by atoms with Crippen LogP contribution in [0.4, 0.5) is 18.9 Å². The molecule has 1 fully saturated rings.